The summed E-state index contributed by atoms with van der Waals surface area (Å²) in [4.78, 5) is 23.8. The molecule has 1 aliphatic heterocycles. The van der Waals surface area contributed by atoms with E-state index in [0.29, 0.717) is 49.2 Å². The van der Waals surface area contributed by atoms with Gasteiger partial charge in [0, 0.05) is 13.1 Å². The monoisotopic (exact) mass is 433 g/mol. The smallest absolute Gasteiger partial charge is 0.315 e. The van der Waals surface area contributed by atoms with E-state index in [1.807, 2.05) is 30.3 Å². The number of ether oxygens (including phenoxy) is 3. The number of carbonyl (C=O) groups excluding carboxylic acids is 2. The van der Waals surface area contributed by atoms with E-state index in [0.717, 1.165) is 16.9 Å². The van der Waals surface area contributed by atoms with E-state index >= 15 is 0 Å². The largest absolute Gasteiger partial charge is 0.497 e. The highest BCUT2D eigenvalue weighted by Crippen LogP contribution is 2.38. The summed E-state index contributed by atoms with van der Waals surface area (Å²) in [5.41, 5.74) is 1.86. The van der Waals surface area contributed by atoms with Gasteiger partial charge in [-0.1, -0.05) is 23.7 Å². The van der Waals surface area contributed by atoms with Crippen LogP contribution in [0.15, 0.2) is 36.4 Å². The topological polar surface area (TPSA) is 97.9 Å². The zero-order valence-corrected chi connectivity index (χ0v) is 17.4. The third kappa shape index (κ3) is 6.18. The van der Waals surface area contributed by atoms with E-state index in [4.69, 9.17) is 25.8 Å². The van der Waals surface area contributed by atoms with E-state index in [9.17, 15) is 9.59 Å². The zero-order chi connectivity index (χ0) is 21.3. The zero-order valence-electron chi connectivity index (χ0n) is 16.6. The number of carbonyl (C=O) groups is 2. The first-order valence-corrected chi connectivity index (χ1v) is 9.92. The second-order valence-electron chi connectivity index (χ2n) is 6.59. The molecule has 3 N–H and O–H groups in total. The highest BCUT2D eigenvalue weighted by Gasteiger charge is 2.16. The van der Waals surface area contributed by atoms with Crippen LogP contribution in [0.2, 0.25) is 5.02 Å². The van der Waals surface area contributed by atoms with Gasteiger partial charge in [-0.2, -0.15) is 0 Å². The molecule has 3 rings (SSSR count). The molecular weight excluding hydrogens is 410 g/mol. The summed E-state index contributed by atoms with van der Waals surface area (Å²) in [6.07, 6.45) is 0.563. The van der Waals surface area contributed by atoms with Crippen molar-refractivity contribution in [3.63, 3.8) is 0 Å². The number of hydrogen-bond acceptors (Lipinski definition) is 5. The predicted octanol–water partition coefficient (Wildman–Crippen LogP) is 2.28. The lowest BCUT2D eigenvalue weighted by Crippen LogP contribution is -2.42. The molecule has 0 saturated carbocycles. The number of hydrogen-bond donors (Lipinski definition) is 3. The Morgan fingerprint density at radius 2 is 1.80 bits per heavy atom. The van der Waals surface area contributed by atoms with E-state index < -0.39 is 6.03 Å². The van der Waals surface area contributed by atoms with Gasteiger partial charge in [0.15, 0.2) is 11.5 Å². The second-order valence-corrected chi connectivity index (χ2v) is 6.99. The molecule has 0 saturated heterocycles. The van der Waals surface area contributed by atoms with Gasteiger partial charge in [0.2, 0.25) is 5.91 Å². The molecule has 3 amide bonds. The van der Waals surface area contributed by atoms with Crippen molar-refractivity contribution in [1.29, 1.82) is 0 Å². The van der Waals surface area contributed by atoms with E-state index in [1.165, 1.54) is 0 Å². The van der Waals surface area contributed by atoms with Gasteiger partial charge in [0.25, 0.3) is 0 Å². The van der Waals surface area contributed by atoms with Crippen LogP contribution in [0.3, 0.4) is 0 Å². The molecule has 9 heteroatoms. The van der Waals surface area contributed by atoms with Crippen LogP contribution in [-0.2, 0) is 17.8 Å². The minimum Gasteiger partial charge on any atom is -0.497 e. The van der Waals surface area contributed by atoms with Crippen LogP contribution in [0.4, 0.5) is 4.79 Å². The van der Waals surface area contributed by atoms with Crippen LogP contribution in [0.25, 0.3) is 0 Å². The Hall–Kier alpha value is -3.13. The average Bonchev–Trinajstić information content (AvgIpc) is 2.76. The Morgan fingerprint density at radius 1 is 1.03 bits per heavy atom. The fraction of sp³-hybridized carbons (Fsp3) is 0.333. The molecule has 0 aromatic heterocycles. The first kappa shape index (κ1) is 21.6. The Kier molecular flexibility index (Phi) is 7.62. The van der Waals surface area contributed by atoms with Crippen LogP contribution in [0, 0.1) is 0 Å². The van der Waals surface area contributed by atoms with E-state index in [1.54, 1.807) is 13.2 Å². The maximum absolute atomic E-state index is 11.9. The van der Waals surface area contributed by atoms with Crippen LogP contribution in [0.1, 0.15) is 11.1 Å². The van der Waals surface area contributed by atoms with Crippen molar-refractivity contribution >= 4 is 23.5 Å². The normalized spacial score (nSPS) is 12.1. The predicted molar refractivity (Wildman–Crippen MR) is 112 cm³/mol. The van der Waals surface area contributed by atoms with Crippen molar-refractivity contribution in [2.45, 2.75) is 13.0 Å². The minimum absolute atomic E-state index is 0.113. The molecule has 2 aromatic rings. The lowest BCUT2D eigenvalue weighted by Gasteiger charge is -2.20. The number of nitrogens with one attached hydrogen (secondary N) is 3. The van der Waals surface area contributed by atoms with Crippen molar-refractivity contribution in [3.8, 4) is 17.2 Å². The number of fused-ring (bicyclic) bond motifs is 1. The maximum atomic E-state index is 11.9. The summed E-state index contributed by atoms with van der Waals surface area (Å²) in [6.45, 7) is 1.60. The lowest BCUT2D eigenvalue weighted by molar-refractivity contribution is -0.120. The first-order chi connectivity index (χ1) is 14.5. The van der Waals surface area contributed by atoms with E-state index in [-0.39, 0.29) is 12.5 Å². The number of amides is 3. The number of rotatable bonds is 8. The molecule has 0 radical (unpaired) electrons. The van der Waals surface area contributed by atoms with Gasteiger partial charge in [-0.25, -0.2) is 4.79 Å². The number of halogens is 1. The van der Waals surface area contributed by atoms with Gasteiger partial charge in [0.1, 0.15) is 19.0 Å². The fourth-order valence-corrected chi connectivity index (χ4v) is 3.15. The molecule has 30 heavy (non-hydrogen) atoms. The van der Waals surface area contributed by atoms with Crippen LogP contribution in [-0.4, -0.2) is 45.4 Å². The Balaban J connectivity index is 1.34. The van der Waals surface area contributed by atoms with Crippen LogP contribution in [0.5, 0.6) is 17.2 Å². The lowest BCUT2D eigenvalue weighted by atomic mass is 10.1. The van der Waals surface area contributed by atoms with Crippen molar-refractivity contribution in [3.05, 3.63) is 52.5 Å². The SMILES string of the molecule is COc1ccc(CNC(=O)CNC(=O)NCCc2cc(Cl)c3c(c2)OCCO3)cc1. The number of urea groups is 1. The molecule has 0 fully saturated rings. The van der Waals surface area contributed by atoms with Gasteiger partial charge >= 0.3 is 6.03 Å². The molecule has 0 unspecified atom stereocenters. The fourth-order valence-electron chi connectivity index (χ4n) is 2.86. The average molecular weight is 434 g/mol. The molecule has 1 aliphatic rings. The molecule has 2 aromatic carbocycles. The molecule has 160 valence electrons. The third-order valence-electron chi connectivity index (χ3n) is 4.41. The number of methoxy groups -OCH3 is 1. The summed E-state index contributed by atoms with van der Waals surface area (Å²) >= 11 is 6.21. The molecule has 0 atom stereocenters. The quantitative estimate of drug-likeness (QED) is 0.593. The Morgan fingerprint density at radius 3 is 2.57 bits per heavy atom. The van der Waals surface area contributed by atoms with Crippen LogP contribution < -0.4 is 30.2 Å². The van der Waals surface area contributed by atoms with E-state index in [2.05, 4.69) is 16.0 Å². The van der Waals surface area contributed by atoms with Crippen LogP contribution >= 0.6 is 11.6 Å². The van der Waals surface area contributed by atoms with Gasteiger partial charge in [0.05, 0.1) is 18.7 Å². The van der Waals surface area contributed by atoms with Crippen molar-refractivity contribution in [2.75, 3.05) is 33.4 Å². The Bertz CT molecular complexity index is 889. The van der Waals surface area contributed by atoms with Gasteiger partial charge < -0.3 is 30.2 Å². The summed E-state index contributed by atoms with van der Waals surface area (Å²) in [6, 6.07) is 10.6. The van der Waals surface area contributed by atoms with Gasteiger partial charge in [-0.15, -0.1) is 0 Å². The highest BCUT2D eigenvalue weighted by atomic mass is 35.5. The second kappa shape index (κ2) is 10.6. The van der Waals surface area contributed by atoms with Crippen molar-refractivity contribution in [2.24, 2.45) is 0 Å². The van der Waals surface area contributed by atoms with Gasteiger partial charge in [-0.3, -0.25) is 4.79 Å². The summed E-state index contributed by atoms with van der Waals surface area (Å²) in [5, 5.41) is 8.48. The van der Waals surface area contributed by atoms with Crippen molar-refractivity contribution < 1.29 is 23.8 Å². The standard InChI is InChI=1S/C21H24ClN3O5/c1-28-16-4-2-14(3-5-16)12-24-19(26)13-25-21(27)23-7-6-15-10-17(22)20-18(11-15)29-8-9-30-20/h2-5,10-11H,6-9,12-13H2,1H3,(H,24,26)(H2,23,25,27). The summed E-state index contributed by atoms with van der Waals surface area (Å²) in [7, 11) is 1.60. The number of benzene rings is 2. The summed E-state index contributed by atoms with van der Waals surface area (Å²) < 4.78 is 16.1. The molecule has 1 heterocycles. The molecule has 0 bridgehead atoms. The Labute approximate surface area is 179 Å². The third-order valence-corrected chi connectivity index (χ3v) is 4.69. The molecule has 0 aliphatic carbocycles. The summed E-state index contributed by atoms with van der Waals surface area (Å²) in [5.74, 6) is 1.64. The van der Waals surface area contributed by atoms with Gasteiger partial charge in [-0.05, 0) is 41.8 Å². The maximum Gasteiger partial charge on any atom is 0.315 e. The molecule has 0 spiro atoms. The first-order valence-electron chi connectivity index (χ1n) is 9.54. The molecule has 8 nitrogen and oxygen atoms in total. The van der Waals surface area contributed by atoms with Crippen molar-refractivity contribution in [1.82, 2.24) is 16.0 Å². The minimum atomic E-state index is -0.418. The molecular formula is C21H24ClN3O5. The highest BCUT2D eigenvalue weighted by molar-refractivity contribution is 6.32.